The topological polar surface area (TPSA) is 36.8 Å². The molecule has 0 aliphatic carbocycles. The minimum atomic E-state index is -0.00546. The summed E-state index contributed by atoms with van der Waals surface area (Å²) in [6.07, 6.45) is 0. The second-order valence-corrected chi connectivity index (χ2v) is 4.13. The second-order valence-electron chi connectivity index (χ2n) is 4.13. The van der Waals surface area contributed by atoms with Crippen LogP contribution in [-0.4, -0.2) is 19.5 Å². The average molecular weight is 251 g/mol. The van der Waals surface area contributed by atoms with E-state index >= 15 is 0 Å². The maximum atomic E-state index is 4.21. The zero-order valence-corrected chi connectivity index (χ0v) is 11.0. The Morgan fingerprint density at radius 3 is 2.11 bits per heavy atom. The van der Waals surface area contributed by atoms with Crippen LogP contribution in [0.25, 0.3) is 0 Å². The van der Waals surface area contributed by atoms with E-state index in [0.717, 1.165) is 16.8 Å². The van der Waals surface area contributed by atoms with Crippen molar-refractivity contribution in [1.29, 1.82) is 0 Å². The lowest BCUT2D eigenvalue weighted by Gasteiger charge is -2.18. The Labute approximate surface area is 113 Å². The van der Waals surface area contributed by atoms with Crippen molar-refractivity contribution in [3.63, 3.8) is 0 Å². The van der Waals surface area contributed by atoms with E-state index in [2.05, 4.69) is 34.4 Å². The molecule has 1 N–H and O–H groups in total. The highest BCUT2D eigenvalue weighted by Crippen LogP contribution is 2.19. The molecule has 0 heterocycles. The molecule has 0 spiro atoms. The van der Waals surface area contributed by atoms with Gasteiger partial charge >= 0.3 is 0 Å². The molecule has 2 rings (SSSR count). The van der Waals surface area contributed by atoms with E-state index in [0.29, 0.717) is 0 Å². The summed E-state index contributed by atoms with van der Waals surface area (Å²) in [5.74, 6) is 0. The van der Waals surface area contributed by atoms with E-state index in [1.165, 1.54) is 0 Å². The maximum Gasteiger partial charge on any atom is 0.0917 e. The first-order valence-electron chi connectivity index (χ1n) is 6.18. The number of hydrogen-bond donors (Lipinski definition) is 1. The number of rotatable bonds is 5. The van der Waals surface area contributed by atoms with Crippen LogP contribution in [0.3, 0.4) is 0 Å². The maximum absolute atomic E-state index is 4.21. The van der Waals surface area contributed by atoms with Gasteiger partial charge in [-0.1, -0.05) is 60.7 Å². The zero-order chi connectivity index (χ0) is 13.5. The highest BCUT2D eigenvalue weighted by molar-refractivity contribution is 6.04. The zero-order valence-electron chi connectivity index (χ0n) is 11.0. The summed E-state index contributed by atoms with van der Waals surface area (Å²) in [5, 5.41) is 11.2. The number of hydrogen-bond acceptors (Lipinski definition) is 3. The largest absolute Gasteiger partial charge is 0.308 e. The van der Waals surface area contributed by atoms with Gasteiger partial charge in [0.25, 0.3) is 0 Å². The molecule has 1 atom stereocenters. The van der Waals surface area contributed by atoms with E-state index in [9.17, 15) is 0 Å². The van der Waals surface area contributed by atoms with Crippen molar-refractivity contribution < 1.29 is 0 Å². The summed E-state index contributed by atoms with van der Waals surface area (Å²) < 4.78 is 0. The molecule has 2 aromatic carbocycles. The lowest BCUT2D eigenvalue weighted by atomic mass is 9.97. The van der Waals surface area contributed by atoms with E-state index in [4.69, 9.17) is 0 Å². The molecule has 0 aromatic heterocycles. The van der Waals surface area contributed by atoms with Crippen molar-refractivity contribution in [2.75, 3.05) is 7.05 Å². The molecule has 0 fully saturated rings. The summed E-state index contributed by atoms with van der Waals surface area (Å²) in [6.45, 7) is 3.47. The van der Waals surface area contributed by atoms with Gasteiger partial charge in [0.2, 0.25) is 0 Å². The third-order valence-corrected chi connectivity index (χ3v) is 2.94. The highest BCUT2D eigenvalue weighted by atomic mass is 15.2. The van der Waals surface area contributed by atoms with Crippen LogP contribution in [0.5, 0.6) is 0 Å². The van der Waals surface area contributed by atoms with Gasteiger partial charge in [-0.2, -0.15) is 10.2 Å². The van der Waals surface area contributed by atoms with Crippen LogP contribution in [0.1, 0.15) is 17.2 Å². The fourth-order valence-electron chi connectivity index (χ4n) is 2.07. The average Bonchev–Trinajstić information content (AvgIpc) is 2.49. The van der Waals surface area contributed by atoms with E-state index in [1.807, 2.05) is 55.6 Å². The van der Waals surface area contributed by atoms with E-state index in [1.54, 1.807) is 0 Å². The van der Waals surface area contributed by atoms with Gasteiger partial charge in [0.05, 0.1) is 11.8 Å². The van der Waals surface area contributed by atoms with Gasteiger partial charge in [-0.05, 0) is 18.2 Å². The first-order valence-corrected chi connectivity index (χ1v) is 6.18. The lowest BCUT2D eigenvalue weighted by Crippen LogP contribution is -2.26. The molecule has 19 heavy (non-hydrogen) atoms. The Morgan fingerprint density at radius 2 is 1.58 bits per heavy atom. The van der Waals surface area contributed by atoms with Gasteiger partial charge in [0.15, 0.2) is 0 Å². The lowest BCUT2D eigenvalue weighted by molar-refractivity contribution is 0.747. The molecule has 1 unspecified atom stereocenters. The Hall–Kier alpha value is -2.26. The number of nitrogens with zero attached hydrogens (tertiary/aromatic N) is 2. The Bertz CT molecular complexity index is 547. The molecule has 0 saturated heterocycles. The van der Waals surface area contributed by atoms with Gasteiger partial charge < -0.3 is 5.32 Å². The Balaban J connectivity index is 2.44. The minimum Gasteiger partial charge on any atom is -0.308 e. The Kier molecular flexibility index (Phi) is 4.59. The Morgan fingerprint density at radius 1 is 1.00 bits per heavy atom. The first-order chi connectivity index (χ1) is 9.36. The standard InChI is InChI=1S/C16H17N3/c1-17-15(13-9-5-3-6-10-13)16(19-18-2)14-11-7-4-8-12-14/h3-12,15,17H,2H2,1H3/b19-16-. The van der Waals surface area contributed by atoms with Crippen molar-refractivity contribution in [3.05, 3.63) is 71.8 Å². The fraction of sp³-hybridized carbons (Fsp3) is 0.125. The SMILES string of the molecule is C=N/N=C(/c1ccccc1)C(NC)c1ccccc1. The summed E-state index contributed by atoms with van der Waals surface area (Å²) in [5.41, 5.74) is 3.05. The molecule has 3 heteroatoms. The van der Waals surface area contributed by atoms with Crippen LogP contribution in [0.15, 0.2) is 70.9 Å². The molecule has 96 valence electrons. The molecule has 0 radical (unpaired) electrons. The van der Waals surface area contributed by atoms with Crippen LogP contribution in [0.2, 0.25) is 0 Å². The van der Waals surface area contributed by atoms with Crippen molar-refractivity contribution in [2.24, 2.45) is 10.2 Å². The number of benzene rings is 2. The molecule has 3 nitrogen and oxygen atoms in total. The molecule has 0 saturated carbocycles. The second kappa shape index (κ2) is 6.61. The van der Waals surface area contributed by atoms with Crippen molar-refractivity contribution in [2.45, 2.75) is 6.04 Å². The van der Waals surface area contributed by atoms with E-state index < -0.39 is 0 Å². The highest BCUT2D eigenvalue weighted by Gasteiger charge is 2.17. The molecule has 0 aliphatic heterocycles. The predicted molar refractivity (Wildman–Crippen MR) is 80.8 cm³/mol. The molecular formula is C16H17N3. The van der Waals surface area contributed by atoms with Gasteiger partial charge in [0, 0.05) is 6.72 Å². The summed E-state index contributed by atoms with van der Waals surface area (Å²) >= 11 is 0. The van der Waals surface area contributed by atoms with Crippen molar-refractivity contribution >= 4 is 12.4 Å². The van der Waals surface area contributed by atoms with Gasteiger partial charge in [-0.15, -0.1) is 0 Å². The van der Waals surface area contributed by atoms with Crippen molar-refractivity contribution in [3.8, 4) is 0 Å². The van der Waals surface area contributed by atoms with Crippen LogP contribution < -0.4 is 5.32 Å². The summed E-state index contributed by atoms with van der Waals surface area (Å²) in [6, 6.07) is 20.2. The van der Waals surface area contributed by atoms with Gasteiger partial charge in [-0.25, -0.2) is 0 Å². The first kappa shape index (κ1) is 13.2. The fourth-order valence-corrected chi connectivity index (χ4v) is 2.07. The molecule has 0 aliphatic rings. The number of likely N-dealkylation sites (N-methyl/N-ethyl adjacent to an activating group) is 1. The quantitative estimate of drug-likeness (QED) is 0.643. The van der Waals surface area contributed by atoms with Crippen molar-refractivity contribution in [1.82, 2.24) is 5.32 Å². The monoisotopic (exact) mass is 251 g/mol. The molecule has 0 amide bonds. The third-order valence-electron chi connectivity index (χ3n) is 2.94. The van der Waals surface area contributed by atoms with E-state index in [-0.39, 0.29) is 6.04 Å². The van der Waals surface area contributed by atoms with Crippen LogP contribution in [0.4, 0.5) is 0 Å². The normalized spacial score (nSPS) is 13.0. The van der Waals surface area contributed by atoms with Gasteiger partial charge in [0.1, 0.15) is 0 Å². The molecule has 0 bridgehead atoms. The molecule has 2 aromatic rings. The number of nitrogens with one attached hydrogen (secondary N) is 1. The summed E-state index contributed by atoms with van der Waals surface area (Å²) in [4.78, 5) is 0. The summed E-state index contributed by atoms with van der Waals surface area (Å²) in [7, 11) is 1.92. The molecular weight excluding hydrogens is 234 g/mol. The van der Waals surface area contributed by atoms with Crippen LogP contribution in [0, 0.1) is 0 Å². The smallest absolute Gasteiger partial charge is 0.0917 e. The predicted octanol–water partition coefficient (Wildman–Crippen LogP) is 3.05. The van der Waals surface area contributed by atoms with Crippen LogP contribution in [-0.2, 0) is 0 Å². The third kappa shape index (κ3) is 3.14. The minimum absolute atomic E-state index is 0.00546. The van der Waals surface area contributed by atoms with Gasteiger partial charge in [-0.3, -0.25) is 0 Å². The van der Waals surface area contributed by atoms with Crippen LogP contribution >= 0.6 is 0 Å².